The van der Waals surface area contributed by atoms with E-state index in [0.29, 0.717) is 23.0 Å². The van der Waals surface area contributed by atoms with Crippen molar-refractivity contribution in [2.24, 2.45) is 0 Å². The third-order valence-corrected chi connectivity index (χ3v) is 8.02. The Kier molecular flexibility index (Phi) is 9.95. The molecule has 2 amide bonds. The number of likely N-dealkylation sites (N-methyl/N-ethyl adjacent to an activating group) is 1. The molecule has 3 aromatic rings. The number of fused-ring (bicyclic) bond motifs is 1. The van der Waals surface area contributed by atoms with Gasteiger partial charge in [0.2, 0.25) is 0 Å². The van der Waals surface area contributed by atoms with Crippen molar-refractivity contribution < 1.29 is 28.6 Å². The van der Waals surface area contributed by atoms with Gasteiger partial charge in [-0.15, -0.1) is 11.8 Å². The fraction of sp³-hybridized carbons (Fsp3) is 0.300. The molecule has 0 radical (unpaired) electrons. The number of hydrogen-bond donors (Lipinski definition) is 0. The number of esters is 1. The zero-order valence-corrected chi connectivity index (χ0v) is 24.1. The molecule has 0 saturated heterocycles. The summed E-state index contributed by atoms with van der Waals surface area (Å²) >= 11 is 7.75. The molecular weight excluding hydrogens is 552 g/mol. The number of halogens is 1. The number of benzene rings is 3. The number of ether oxygens (including phenoxy) is 3. The van der Waals surface area contributed by atoms with Gasteiger partial charge in [-0.1, -0.05) is 54.1 Å². The van der Waals surface area contributed by atoms with Gasteiger partial charge in [0.05, 0.1) is 18.0 Å². The second-order valence-corrected chi connectivity index (χ2v) is 10.7. The van der Waals surface area contributed by atoms with E-state index < -0.39 is 29.3 Å². The maximum Gasteiger partial charge on any atom is 0.410 e. The number of nitrogens with zero attached hydrogens (tertiary/aromatic N) is 2. The molecule has 1 aliphatic heterocycles. The molecule has 3 aromatic carbocycles. The van der Waals surface area contributed by atoms with Gasteiger partial charge in [-0.05, 0) is 48.4 Å². The number of carbonyl (C=O) groups is 3. The van der Waals surface area contributed by atoms with E-state index in [1.165, 1.54) is 23.6 Å². The Balaban J connectivity index is 1.60. The fourth-order valence-electron chi connectivity index (χ4n) is 4.37. The summed E-state index contributed by atoms with van der Waals surface area (Å²) < 4.78 is 16.4. The second kappa shape index (κ2) is 13.6. The highest BCUT2D eigenvalue weighted by molar-refractivity contribution is 7.99. The zero-order valence-electron chi connectivity index (χ0n) is 22.5. The number of carbonyl (C=O) groups excluding carboxylic acids is 3. The summed E-state index contributed by atoms with van der Waals surface area (Å²) in [6.45, 7) is 4.04. The van der Waals surface area contributed by atoms with Gasteiger partial charge in [0.1, 0.15) is 12.4 Å². The van der Waals surface area contributed by atoms with Gasteiger partial charge < -0.3 is 24.0 Å². The third-order valence-electron chi connectivity index (χ3n) is 6.43. The van der Waals surface area contributed by atoms with Crippen LogP contribution in [-0.2, 0) is 25.7 Å². The average Bonchev–Trinajstić information content (AvgIpc) is 3.06. The van der Waals surface area contributed by atoms with Gasteiger partial charge in [0.25, 0.3) is 5.91 Å². The lowest BCUT2D eigenvalue weighted by molar-refractivity contribution is -0.152. The fourth-order valence-corrected chi connectivity index (χ4v) is 5.97. The maximum absolute atomic E-state index is 14.1. The van der Waals surface area contributed by atoms with Gasteiger partial charge in [-0.3, -0.25) is 9.59 Å². The Hall–Kier alpha value is -3.69. The van der Waals surface area contributed by atoms with Crippen LogP contribution in [0.3, 0.4) is 0 Å². The summed E-state index contributed by atoms with van der Waals surface area (Å²) in [5.41, 5.74) is 2.30. The predicted molar refractivity (Wildman–Crippen MR) is 155 cm³/mol. The largest absolute Gasteiger partial charge is 0.497 e. The van der Waals surface area contributed by atoms with E-state index in [1.807, 2.05) is 49.4 Å². The van der Waals surface area contributed by atoms with E-state index in [2.05, 4.69) is 0 Å². The van der Waals surface area contributed by atoms with Crippen LogP contribution in [0.2, 0.25) is 5.02 Å². The van der Waals surface area contributed by atoms with E-state index in [9.17, 15) is 14.4 Å². The molecule has 0 aromatic heterocycles. The zero-order chi connectivity index (χ0) is 28.6. The normalized spacial score (nSPS) is 16.5. The molecule has 0 aliphatic carbocycles. The Bertz CT molecular complexity index is 1340. The smallest absolute Gasteiger partial charge is 0.410 e. The first-order valence-electron chi connectivity index (χ1n) is 12.8. The number of methoxy groups -OCH3 is 1. The van der Waals surface area contributed by atoms with Crippen molar-refractivity contribution in [3.05, 3.63) is 88.9 Å². The average molecular weight is 583 g/mol. The Morgan fingerprint density at radius 2 is 1.77 bits per heavy atom. The molecule has 8 nitrogen and oxygen atoms in total. The third kappa shape index (κ3) is 7.08. The topological polar surface area (TPSA) is 85.4 Å². The summed E-state index contributed by atoms with van der Waals surface area (Å²) in [4.78, 5) is 42.9. The van der Waals surface area contributed by atoms with Gasteiger partial charge >= 0.3 is 12.1 Å². The molecule has 40 heavy (non-hydrogen) atoms. The van der Waals surface area contributed by atoms with Crippen LogP contribution in [0.4, 0.5) is 10.5 Å². The molecule has 1 aliphatic rings. The van der Waals surface area contributed by atoms with Crippen molar-refractivity contribution in [3.8, 4) is 5.75 Å². The molecule has 4 rings (SSSR count). The van der Waals surface area contributed by atoms with Crippen LogP contribution < -0.4 is 9.64 Å². The lowest BCUT2D eigenvalue weighted by Crippen LogP contribution is -2.46. The van der Waals surface area contributed by atoms with E-state index >= 15 is 0 Å². The molecule has 0 bridgehead atoms. The highest BCUT2D eigenvalue weighted by Crippen LogP contribution is 2.47. The van der Waals surface area contributed by atoms with Crippen LogP contribution in [0.25, 0.3) is 0 Å². The van der Waals surface area contributed by atoms with E-state index in [-0.39, 0.29) is 19.7 Å². The van der Waals surface area contributed by atoms with E-state index in [4.69, 9.17) is 25.8 Å². The van der Waals surface area contributed by atoms with Crippen LogP contribution in [0, 0.1) is 0 Å². The van der Waals surface area contributed by atoms with Crippen LogP contribution >= 0.6 is 23.4 Å². The monoisotopic (exact) mass is 582 g/mol. The van der Waals surface area contributed by atoms with Crippen LogP contribution in [0.15, 0.2) is 77.7 Å². The first-order chi connectivity index (χ1) is 19.3. The minimum absolute atomic E-state index is 0.148. The predicted octanol–water partition coefficient (Wildman–Crippen LogP) is 6.12. The lowest BCUT2D eigenvalue weighted by Gasteiger charge is -2.29. The summed E-state index contributed by atoms with van der Waals surface area (Å²) in [6, 6.07) is 22.0. The maximum atomic E-state index is 14.1. The summed E-state index contributed by atoms with van der Waals surface area (Å²) in [6.07, 6.45) is -1.59. The van der Waals surface area contributed by atoms with Gasteiger partial charge in [-0.25, -0.2) is 4.79 Å². The highest BCUT2D eigenvalue weighted by Gasteiger charge is 2.41. The van der Waals surface area contributed by atoms with Crippen LogP contribution in [0.1, 0.15) is 30.2 Å². The van der Waals surface area contributed by atoms with Gasteiger partial charge in [0, 0.05) is 36.5 Å². The lowest BCUT2D eigenvalue weighted by atomic mass is 10.1. The first-order valence-corrected chi connectivity index (χ1v) is 14.1. The van der Waals surface area contributed by atoms with Crippen molar-refractivity contribution in [2.75, 3.05) is 31.6 Å². The number of hydrogen-bond acceptors (Lipinski definition) is 7. The molecule has 0 spiro atoms. The van der Waals surface area contributed by atoms with Crippen molar-refractivity contribution in [2.45, 2.75) is 36.7 Å². The van der Waals surface area contributed by atoms with E-state index in [0.717, 1.165) is 16.0 Å². The molecule has 0 fully saturated rings. The Morgan fingerprint density at radius 1 is 1.05 bits per heavy atom. The first kappa shape index (κ1) is 29.3. The quantitative estimate of drug-likeness (QED) is 0.281. The molecule has 210 valence electrons. The Morgan fingerprint density at radius 3 is 2.42 bits per heavy atom. The van der Waals surface area contributed by atoms with Crippen molar-refractivity contribution >= 4 is 47.0 Å². The number of amides is 2. The second-order valence-electron chi connectivity index (χ2n) is 9.06. The van der Waals surface area contributed by atoms with Crippen molar-refractivity contribution in [1.82, 2.24) is 4.90 Å². The molecule has 2 atom stereocenters. The summed E-state index contributed by atoms with van der Waals surface area (Å²) in [5, 5.41) is -0.0274. The van der Waals surface area contributed by atoms with Crippen molar-refractivity contribution in [1.29, 1.82) is 0 Å². The SMILES string of the molecule is CCN(CCN1C(=O)C(OC(C)=O)C(c2ccc(OC)cc2)Sc2cc(Cl)ccc21)C(=O)OCc1ccccc1. The number of thioether (sulfide) groups is 1. The molecule has 10 heteroatoms. The Labute approximate surface area is 243 Å². The molecule has 2 unspecified atom stereocenters. The number of anilines is 1. The van der Waals surface area contributed by atoms with E-state index in [1.54, 1.807) is 42.3 Å². The molecule has 0 N–H and O–H groups in total. The molecule has 0 saturated carbocycles. The number of rotatable bonds is 9. The van der Waals surface area contributed by atoms with Crippen LogP contribution in [0.5, 0.6) is 5.75 Å². The van der Waals surface area contributed by atoms with Gasteiger partial charge in [0.15, 0.2) is 6.10 Å². The standard InChI is InChI=1S/C30H31ClN2O6S/c1-4-32(30(36)38-19-21-8-6-5-7-9-21)16-17-33-25-15-12-23(31)18-26(25)40-28(27(29(33)35)39-20(2)34)22-10-13-24(37-3)14-11-22/h5-15,18,27-28H,4,16-17,19H2,1-3H3. The highest BCUT2D eigenvalue weighted by atomic mass is 35.5. The summed E-state index contributed by atoms with van der Waals surface area (Å²) in [7, 11) is 1.58. The molecular formula is C30H31ClN2O6S. The van der Waals surface area contributed by atoms with Crippen molar-refractivity contribution in [3.63, 3.8) is 0 Å². The van der Waals surface area contributed by atoms with Crippen LogP contribution in [-0.4, -0.2) is 55.7 Å². The minimum Gasteiger partial charge on any atom is -0.497 e. The summed E-state index contributed by atoms with van der Waals surface area (Å²) in [5.74, 6) is -0.291. The van der Waals surface area contributed by atoms with Gasteiger partial charge in [-0.2, -0.15) is 0 Å². The minimum atomic E-state index is -1.11. The molecule has 1 heterocycles.